The zero-order valence-electron chi connectivity index (χ0n) is 12.3. The smallest absolute Gasteiger partial charge is 0.259 e. The first-order chi connectivity index (χ1) is 11.1. The molecular weight excluding hydrogens is 314 g/mol. The summed E-state index contributed by atoms with van der Waals surface area (Å²) in [4.78, 5) is 16.6. The SMILES string of the molecule is Cc1cccc(Cl)c1NC(=O)c1cc(-c2ccoc2)cnc1N. The van der Waals surface area contributed by atoms with E-state index in [1.54, 1.807) is 36.9 Å². The molecule has 0 radical (unpaired) electrons. The van der Waals surface area contributed by atoms with Crippen molar-refractivity contribution in [2.24, 2.45) is 0 Å². The van der Waals surface area contributed by atoms with Gasteiger partial charge in [0.05, 0.1) is 28.8 Å². The number of nitrogens with one attached hydrogen (secondary N) is 1. The summed E-state index contributed by atoms with van der Waals surface area (Å²) in [5.74, 6) is -0.212. The number of benzene rings is 1. The summed E-state index contributed by atoms with van der Waals surface area (Å²) in [6.07, 6.45) is 4.73. The van der Waals surface area contributed by atoms with Gasteiger partial charge in [-0.3, -0.25) is 4.79 Å². The first-order valence-corrected chi connectivity index (χ1v) is 7.28. The van der Waals surface area contributed by atoms with Crippen LogP contribution < -0.4 is 11.1 Å². The second-order valence-electron chi connectivity index (χ2n) is 5.05. The van der Waals surface area contributed by atoms with Gasteiger partial charge in [-0.25, -0.2) is 4.98 Å². The predicted octanol–water partition coefficient (Wildman–Crippen LogP) is 4.14. The highest BCUT2D eigenvalue weighted by atomic mass is 35.5. The van der Waals surface area contributed by atoms with Crippen LogP contribution in [-0.4, -0.2) is 10.9 Å². The van der Waals surface area contributed by atoms with Crippen molar-refractivity contribution in [2.75, 3.05) is 11.1 Å². The number of aryl methyl sites for hydroxylation is 1. The quantitative estimate of drug-likeness (QED) is 0.757. The Morgan fingerprint density at radius 2 is 2.13 bits per heavy atom. The van der Waals surface area contributed by atoms with Crippen LogP contribution in [0.5, 0.6) is 0 Å². The number of nitrogen functional groups attached to an aromatic ring is 1. The van der Waals surface area contributed by atoms with Gasteiger partial charge in [0.1, 0.15) is 5.82 Å². The summed E-state index contributed by atoms with van der Waals surface area (Å²) in [5.41, 5.74) is 9.12. The van der Waals surface area contributed by atoms with Crippen LogP contribution in [0.15, 0.2) is 53.5 Å². The molecular formula is C17H14ClN3O2. The normalized spacial score (nSPS) is 10.5. The molecule has 0 atom stereocenters. The molecule has 23 heavy (non-hydrogen) atoms. The number of carbonyl (C=O) groups excluding carboxylic acids is 1. The Hall–Kier alpha value is -2.79. The van der Waals surface area contributed by atoms with Crippen molar-refractivity contribution in [2.45, 2.75) is 6.92 Å². The molecule has 0 fully saturated rings. The minimum atomic E-state index is -0.364. The van der Waals surface area contributed by atoms with Crippen LogP contribution in [0.1, 0.15) is 15.9 Å². The van der Waals surface area contributed by atoms with E-state index in [1.807, 2.05) is 19.1 Å². The summed E-state index contributed by atoms with van der Waals surface area (Å²) >= 11 is 6.14. The minimum absolute atomic E-state index is 0.152. The maximum absolute atomic E-state index is 12.5. The number of nitrogens with two attached hydrogens (primary N) is 1. The van der Waals surface area contributed by atoms with Gasteiger partial charge in [-0.15, -0.1) is 0 Å². The highest BCUT2D eigenvalue weighted by Gasteiger charge is 2.15. The monoisotopic (exact) mass is 327 g/mol. The van der Waals surface area contributed by atoms with Crippen molar-refractivity contribution in [3.63, 3.8) is 0 Å². The van der Waals surface area contributed by atoms with Crippen molar-refractivity contribution >= 4 is 29.0 Å². The molecule has 0 bridgehead atoms. The number of hydrogen-bond donors (Lipinski definition) is 2. The Labute approximate surface area is 138 Å². The summed E-state index contributed by atoms with van der Waals surface area (Å²) in [6.45, 7) is 1.87. The average Bonchev–Trinajstić information content (AvgIpc) is 3.06. The zero-order valence-corrected chi connectivity index (χ0v) is 13.1. The molecule has 0 aliphatic heterocycles. The molecule has 116 valence electrons. The lowest BCUT2D eigenvalue weighted by Gasteiger charge is -2.12. The third-order valence-corrected chi connectivity index (χ3v) is 3.79. The lowest BCUT2D eigenvalue weighted by molar-refractivity contribution is 0.102. The first-order valence-electron chi connectivity index (χ1n) is 6.91. The van der Waals surface area contributed by atoms with E-state index >= 15 is 0 Å². The van der Waals surface area contributed by atoms with Crippen LogP contribution in [0.2, 0.25) is 5.02 Å². The fourth-order valence-corrected chi connectivity index (χ4v) is 2.48. The van der Waals surface area contributed by atoms with Crippen LogP contribution in [0.3, 0.4) is 0 Å². The van der Waals surface area contributed by atoms with Gasteiger partial charge in [-0.1, -0.05) is 23.7 Å². The van der Waals surface area contributed by atoms with E-state index in [-0.39, 0.29) is 17.3 Å². The first kappa shape index (κ1) is 15.1. The van der Waals surface area contributed by atoms with E-state index < -0.39 is 0 Å². The number of aromatic nitrogens is 1. The Bertz CT molecular complexity index is 840. The van der Waals surface area contributed by atoms with Gasteiger partial charge in [0.15, 0.2) is 0 Å². The number of hydrogen-bond acceptors (Lipinski definition) is 4. The maximum atomic E-state index is 12.5. The molecule has 1 aromatic carbocycles. The molecule has 3 aromatic rings. The second-order valence-corrected chi connectivity index (χ2v) is 5.46. The predicted molar refractivity (Wildman–Crippen MR) is 90.5 cm³/mol. The molecule has 0 unspecified atom stereocenters. The summed E-state index contributed by atoms with van der Waals surface area (Å²) in [6, 6.07) is 8.86. The van der Waals surface area contributed by atoms with Gasteiger partial charge in [0.2, 0.25) is 0 Å². The van der Waals surface area contributed by atoms with Crippen LogP contribution in [0, 0.1) is 6.92 Å². The van der Waals surface area contributed by atoms with Crippen LogP contribution >= 0.6 is 11.6 Å². The van der Waals surface area contributed by atoms with Gasteiger partial charge in [0, 0.05) is 17.3 Å². The second kappa shape index (κ2) is 6.14. The highest BCUT2D eigenvalue weighted by Crippen LogP contribution is 2.27. The molecule has 0 saturated carbocycles. The average molecular weight is 328 g/mol. The van der Waals surface area contributed by atoms with E-state index in [2.05, 4.69) is 10.3 Å². The van der Waals surface area contributed by atoms with Crippen LogP contribution in [0.25, 0.3) is 11.1 Å². The van der Waals surface area contributed by atoms with E-state index in [9.17, 15) is 4.79 Å². The largest absolute Gasteiger partial charge is 0.472 e. The number of carbonyl (C=O) groups is 1. The van der Waals surface area contributed by atoms with E-state index in [0.717, 1.165) is 16.7 Å². The summed E-state index contributed by atoms with van der Waals surface area (Å²) in [7, 11) is 0. The topological polar surface area (TPSA) is 81.2 Å². The molecule has 3 rings (SSSR count). The fraction of sp³-hybridized carbons (Fsp3) is 0.0588. The molecule has 0 spiro atoms. The zero-order chi connectivity index (χ0) is 16.4. The van der Waals surface area contributed by atoms with Crippen molar-refractivity contribution in [3.8, 4) is 11.1 Å². The van der Waals surface area contributed by atoms with Crippen molar-refractivity contribution in [1.29, 1.82) is 0 Å². The molecule has 0 aliphatic carbocycles. The van der Waals surface area contributed by atoms with Crippen LogP contribution in [0.4, 0.5) is 11.5 Å². The number of furan rings is 1. The van der Waals surface area contributed by atoms with E-state index in [1.165, 1.54) is 0 Å². The maximum Gasteiger partial charge on any atom is 0.259 e. The van der Waals surface area contributed by atoms with Gasteiger partial charge in [-0.05, 0) is 30.7 Å². The fourth-order valence-electron chi connectivity index (χ4n) is 2.21. The minimum Gasteiger partial charge on any atom is -0.472 e. The van der Waals surface area contributed by atoms with Gasteiger partial charge in [0.25, 0.3) is 5.91 Å². The van der Waals surface area contributed by atoms with Gasteiger partial charge >= 0.3 is 0 Å². The molecule has 6 heteroatoms. The van der Waals surface area contributed by atoms with Crippen molar-refractivity contribution in [3.05, 3.63) is 65.2 Å². The molecule has 5 nitrogen and oxygen atoms in total. The Kier molecular flexibility index (Phi) is 4.04. The van der Waals surface area contributed by atoms with Crippen molar-refractivity contribution in [1.82, 2.24) is 4.98 Å². The molecule has 1 amide bonds. The molecule has 0 saturated heterocycles. The summed E-state index contributed by atoms with van der Waals surface area (Å²) in [5, 5.41) is 3.26. The number of nitrogens with zero attached hydrogens (tertiary/aromatic N) is 1. The number of rotatable bonds is 3. The van der Waals surface area contributed by atoms with E-state index in [0.29, 0.717) is 10.7 Å². The lowest BCUT2D eigenvalue weighted by Crippen LogP contribution is -2.16. The molecule has 2 heterocycles. The third kappa shape index (κ3) is 3.05. The number of pyridine rings is 1. The third-order valence-electron chi connectivity index (χ3n) is 3.48. The number of halogens is 1. The molecule has 3 N–H and O–H groups in total. The number of amides is 1. The molecule has 2 aromatic heterocycles. The Morgan fingerprint density at radius 1 is 1.30 bits per heavy atom. The van der Waals surface area contributed by atoms with Crippen molar-refractivity contribution < 1.29 is 9.21 Å². The number of para-hydroxylation sites is 1. The highest BCUT2D eigenvalue weighted by molar-refractivity contribution is 6.34. The standard InChI is InChI=1S/C17H14ClN3O2/c1-10-3-2-4-14(18)15(10)21-17(22)13-7-12(8-20-16(13)19)11-5-6-23-9-11/h2-9H,1H3,(H2,19,20)(H,21,22). The number of anilines is 2. The molecule has 0 aliphatic rings. The van der Waals surface area contributed by atoms with Crippen LogP contribution in [-0.2, 0) is 0 Å². The van der Waals surface area contributed by atoms with Gasteiger partial charge < -0.3 is 15.5 Å². The Balaban J connectivity index is 1.95. The Morgan fingerprint density at radius 3 is 2.83 bits per heavy atom. The summed E-state index contributed by atoms with van der Waals surface area (Å²) < 4.78 is 5.05. The van der Waals surface area contributed by atoms with E-state index in [4.69, 9.17) is 21.8 Å². The van der Waals surface area contributed by atoms with Gasteiger partial charge in [-0.2, -0.15) is 0 Å². The lowest BCUT2D eigenvalue weighted by atomic mass is 10.1.